The summed E-state index contributed by atoms with van der Waals surface area (Å²) in [6.07, 6.45) is -1.61. The first-order valence-corrected chi connectivity index (χ1v) is 8.24. The standard InChI is InChI=1S/C17H23F3N2O3.ClH/c1-24-15-9-12(4-6-14(15)25-11-17(18,19)20)5-7-16(23)22-13-3-2-8-21-10-13;/h4,6,9,13,21H,2-3,5,7-8,10-11H2,1H3,(H,22,23);1H/t13-;/m0./s1. The molecule has 0 bridgehead atoms. The fourth-order valence-corrected chi connectivity index (χ4v) is 2.68. The SMILES string of the molecule is COc1cc(CCC(=O)N[C@H]2CCCNC2)ccc1OCC(F)(F)F.Cl. The Kier molecular flexibility index (Phi) is 9.01. The van der Waals surface area contributed by atoms with Gasteiger partial charge in [-0.15, -0.1) is 12.4 Å². The number of ether oxygens (including phenoxy) is 2. The van der Waals surface area contributed by atoms with Gasteiger partial charge in [-0.3, -0.25) is 4.79 Å². The number of rotatable bonds is 7. The summed E-state index contributed by atoms with van der Waals surface area (Å²) in [7, 11) is 1.36. The number of nitrogens with one attached hydrogen (secondary N) is 2. The number of hydrogen-bond acceptors (Lipinski definition) is 4. The number of amides is 1. The molecule has 1 amide bonds. The van der Waals surface area contributed by atoms with Gasteiger partial charge >= 0.3 is 6.18 Å². The number of aryl methyl sites for hydroxylation is 1. The van der Waals surface area contributed by atoms with Gasteiger partial charge in [-0.25, -0.2) is 0 Å². The van der Waals surface area contributed by atoms with Crippen LogP contribution in [0.3, 0.4) is 0 Å². The van der Waals surface area contributed by atoms with Gasteiger partial charge in [0.15, 0.2) is 18.1 Å². The molecule has 1 aliphatic heterocycles. The summed E-state index contributed by atoms with van der Waals surface area (Å²) >= 11 is 0. The molecule has 2 N–H and O–H groups in total. The van der Waals surface area contributed by atoms with E-state index >= 15 is 0 Å². The summed E-state index contributed by atoms with van der Waals surface area (Å²) in [5.74, 6) is 0.213. The summed E-state index contributed by atoms with van der Waals surface area (Å²) in [6, 6.07) is 4.84. The number of halogens is 4. The Morgan fingerprint density at radius 1 is 1.35 bits per heavy atom. The van der Waals surface area contributed by atoms with Crippen LogP contribution in [0.5, 0.6) is 11.5 Å². The topological polar surface area (TPSA) is 59.6 Å². The lowest BCUT2D eigenvalue weighted by molar-refractivity contribution is -0.153. The largest absolute Gasteiger partial charge is 0.493 e. The summed E-state index contributed by atoms with van der Waals surface area (Å²) < 4.78 is 46.5. The van der Waals surface area contributed by atoms with E-state index in [1.807, 2.05) is 0 Å². The van der Waals surface area contributed by atoms with Crippen LogP contribution in [0.4, 0.5) is 13.2 Å². The molecule has 0 spiro atoms. The molecular formula is C17H24ClF3N2O3. The number of alkyl halides is 3. The Morgan fingerprint density at radius 2 is 2.12 bits per heavy atom. The molecule has 0 aromatic heterocycles. The smallest absolute Gasteiger partial charge is 0.422 e. The van der Waals surface area contributed by atoms with Crippen molar-refractivity contribution in [3.05, 3.63) is 23.8 Å². The van der Waals surface area contributed by atoms with Crippen molar-refractivity contribution in [2.24, 2.45) is 0 Å². The van der Waals surface area contributed by atoms with Gasteiger partial charge in [-0.05, 0) is 43.5 Å². The summed E-state index contributed by atoms with van der Waals surface area (Å²) in [5, 5.41) is 6.22. The van der Waals surface area contributed by atoms with Crippen LogP contribution in [0, 0.1) is 0 Å². The van der Waals surface area contributed by atoms with Crippen LogP contribution >= 0.6 is 12.4 Å². The predicted molar refractivity (Wildman–Crippen MR) is 94.1 cm³/mol. The third-order valence-corrected chi connectivity index (χ3v) is 3.92. The number of carbonyl (C=O) groups is 1. The highest BCUT2D eigenvalue weighted by Crippen LogP contribution is 2.30. The molecule has 1 aromatic rings. The number of benzene rings is 1. The molecule has 0 unspecified atom stereocenters. The van der Waals surface area contributed by atoms with Crippen molar-refractivity contribution in [3.8, 4) is 11.5 Å². The lowest BCUT2D eigenvalue weighted by Crippen LogP contribution is -2.45. The third kappa shape index (κ3) is 7.70. The zero-order valence-electron chi connectivity index (χ0n) is 14.5. The molecule has 1 aromatic carbocycles. The van der Waals surface area contributed by atoms with Crippen LogP contribution in [0.15, 0.2) is 18.2 Å². The number of methoxy groups -OCH3 is 1. The van der Waals surface area contributed by atoms with E-state index in [-0.39, 0.29) is 35.9 Å². The molecule has 0 aliphatic carbocycles. The van der Waals surface area contributed by atoms with Gasteiger partial charge in [-0.1, -0.05) is 6.07 Å². The van der Waals surface area contributed by atoms with Crippen LogP contribution in [0.25, 0.3) is 0 Å². The molecule has 148 valence electrons. The highest BCUT2D eigenvalue weighted by molar-refractivity contribution is 5.85. The van der Waals surface area contributed by atoms with Crippen LogP contribution in [-0.4, -0.2) is 44.9 Å². The highest BCUT2D eigenvalue weighted by atomic mass is 35.5. The minimum Gasteiger partial charge on any atom is -0.493 e. The van der Waals surface area contributed by atoms with E-state index in [4.69, 9.17) is 9.47 Å². The Morgan fingerprint density at radius 3 is 2.73 bits per heavy atom. The Balaban J connectivity index is 0.00000338. The van der Waals surface area contributed by atoms with Gasteiger partial charge in [0.05, 0.1) is 7.11 Å². The molecule has 1 atom stereocenters. The molecule has 1 aliphatic rings. The molecule has 1 fully saturated rings. The third-order valence-electron chi connectivity index (χ3n) is 3.92. The number of piperidine rings is 1. The van der Waals surface area contributed by atoms with Crippen molar-refractivity contribution < 1.29 is 27.4 Å². The Labute approximate surface area is 157 Å². The van der Waals surface area contributed by atoms with Crippen molar-refractivity contribution in [1.82, 2.24) is 10.6 Å². The maximum absolute atomic E-state index is 12.2. The minimum absolute atomic E-state index is 0. The second-order valence-electron chi connectivity index (χ2n) is 6.00. The average molecular weight is 397 g/mol. The van der Waals surface area contributed by atoms with Crippen molar-refractivity contribution in [2.45, 2.75) is 37.9 Å². The lowest BCUT2D eigenvalue weighted by Gasteiger charge is -2.23. The fourth-order valence-electron chi connectivity index (χ4n) is 2.68. The molecule has 5 nitrogen and oxygen atoms in total. The number of carbonyl (C=O) groups excluding carboxylic acids is 1. The van der Waals surface area contributed by atoms with Gasteiger partial charge in [-0.2, -0.15) is 13.2 Å². The predicted octanol–water partition coefficient (Wildman–Crippen LogP) is 2.86. The van der Waals surface area contributed by atoms with Gasteiger partial charge in [0, 0.05) is 19.0 Å². The van der Waals surface area contributed by atoms with Gasteiger partial charge in [0.2, 0.25) is 5.91 Å². The van der Waals surface area contributed by atoms with Gasteiger partial charge in [0.25, 0.3) is 0 Å². The summed E-state index contributed by atoms with van der Waals surface area (Å²) in [6.45, 7) is 0.389. The van der Waals surface area contributed by atoms with Crippen molar-refractivity contribution >= 4 is 18.3 Å². The van der Waals surface area contributed by atoms with Crippen LogP contribution in [0.2, 0.25) is 0 Å². The van der Waals surface area contributed by atoms with Crippen molar-refractivity contribution in [3.63, 3.8) is 0 Å². The molecule has 1 saturated heterocycles. The normalized spacial score (nSPS) is 17.2. The molecule has 2 rings (SSSR count). The zero-order chi connectivity index (χ0) is 18.3. The average Bonchev–Trinajstić information content (AvgIpc) is 2.58. The van der Waals surface area contributed by atoms with Crippen LogP contribution in [-0.2, 0) is 11.2 Å². The summed E-state index contributed by atoms with van der Waals surface area (Å²) in [4.78, 5) is 12.0. The molecule has 0 radical (unpaired) electrons. The second-order valence-corrected chi connectivity index (χ2v) is 6.00. The summed E-state index contributed by atoms with van der Waals surface area (Å²) in [5.41, 5.74) is 0.799. The van der Waals surface area contributed by atoms with E-state index in [0.29, 0.717) is 12.8 Å². The molecule has 9 heteroatoms. The first-order valence-electron chi connectivity index (χ1n) is 8.24. The Hall–Kier alpha value is -1.67. The first-order chi connectivity index (χ1) is 11.9. The van der Waals surface area contributed by atoms with Crippen LogP contribution in [0.1, 0.15) is 24.8 Å². The molecule has 26 heavy (non-hydrogen) atoms. The molecule has 1 heterocycles. The first kappa shape index (κ1) is 22.4. The van der Waals surface area contributed by atoms with E-state index in [0.717, 1.165) is 31.5 Å². The monoisotopic (exact) mass is 396 g/mol. The second kappa shape index (κ2) is 10.5. The molecular weight excluding hydrogens is 373 g/mol. The fraction of sp³-hybridized carbons (Fsp3) is 0.588. The van der Waals surface area contributed by atoms with Gasteiger partial charge in [0.1, 0.15) is 0 Å². The molecule has 0 saturated carbocycles. The van der Waals surface area contributed by atoms with E-state index in [9.17, 15) is 18.0 Å². The van der Waals surface area contributed by atoms with Gasteiger partial charge < -0.3 is 20.1 Å². The Bertz CT molecular complexity index is 579. The van der Waals surface area contributed by atoms with Crippen LogP contribution < -0.4 is 20.1 Å². The quantitative estimate of drug-likeness (QED) is 0.744. The van der Waals surface area contributed by atoms with Crippen molar-refractivity contribution in [2.75, 3.05) is 26.8 Å². The van der Waals surface area contributed by atoms with E-state index in [2.05, 4.69) is 10.6 Å². The minimum atomic E-state index is -4.41. The van der Waals surface area contributed by atoms with Crippen molar-refractivity contribution in [1.29, 1.82) is 0 Å². The zero-order valence-corrected chi connectivity index (χ0v) is 15.3. The maximum atomic E-state index is 12.2. The van der Waals surface area contributed by atoms with E-state index < -0.39 is 12.8 Å². The number of hydrogen-bond donors (Lipinski definition) is 2. The van der Waals surface area contributed by atoms with E-state index in [1.165, 1.54) is 13.2 Å². The van der Waals surface area contributed by atoms with E-state index in [1.54, 1.807) is 12.1 Å². The highest BCUT2D eigenvalue weighted by Gasteiger charge is 2.29. The lowest BCUT2D eigenvalue weighted by atomic mass is 10.1. The maximum Gasteiger partial charge on any atom is 0.422 e.